The number of anilines is 1. The van der Waals surface area contributed by atoms with Gasteiger partial charge in [0.05, 0.1) is 0 Å². The Morgan fingerprint density at radius 2 is 2.00 bits per heavy atom. The molecule has 0 aliphatic rings. The van der Waals surface area contributed by atoms with Gasteiger partial charge in [-0.3, -0.25) is 10.1 Å². The Morgan fingerprint density at radius 3 is 2.61 bits per heavy atom. The molecule has 0 radical (unpaired) electrons. The molecule has 0 fully saturated rings. The average Bonchev–Trinajstić information content (AvgIpc) is 3.29. The van der Waals surface area contributed by atoms with Gasteiger partial charge in [0.15, 0.2) is 0 Å². The fourth-order valence-corrected chi connectivity index (χ4v) is 3.76. The monoisotopic (exact) mass is 413 g/mol. The van der Waals surface area contributed by atoms with Crippen molar-refractivity contribution in [3.05, 3.63) is 59.4 Å². The van der Waals surface area contributed by atoms with Crippen molar-refractivity contribution >= 4 is 38.5 Å². The standard InChI is InChI=1S/C18H15N5O3S2/c1-12-5-7-14(8-6-12)23-9-3-4-15(23)10-13(11-19)16(24)20-17-21-18(22-27-17)28(2,25)26/h3-10H,1-2H3,(H,20,21,22,24)/b13-10-. The van der Waals surface area contributed by atoms with Crippen LogP contribution >= 0.6 is 11.5 Å². The minimum absolute atomic E-state index is 0.000456. The third-order valence-corrected chi connectivity index (χ3v) is 5.30. The molecule has 3 rings (SSSR count). The maximum absolute atomic E-state index is 12.4. The Labute approximate surface area is 165 Å². The van der Waals surface area contributed by atoms with Crippen molar-refractivity contribution < 1.29 is 13.2 Å². The first-order valence-electron chi connectivity index (χ1n) is 7.99. The molecule has 0 atom stereocenters. The highest BCUT2D eigenvalue weighted by Gasteiger charge is 2.17. The topological polar surface area (TPSA) is 118 Å². The van der Waals surface area contributed by atoms with E-state index in [0.717, 1.165) is 29.0 Å². The number of nitrogens with one attached hydrogen (secondary N) is 1. The Bertz CT molecular complexity index is 1200. The summed E-state index contributed by atoms with van der Waals surface area (Å²) in [6, 6.07) is 13.3. The first kappa shape index (κ1) is 19.5. The maximum atomic E-state index is 12.4. The number of hydrogen-bond acceptors (Lipinski definition) is 7. The molecule has 0 spiro atoms. The van der Waals surface area contributed by atoms with Crippen LogP contribution < -0.4 is 5.32 Å². The Hall–Kier alpha value is -3.29. The molecule has 0 saturated carbocycles. The Kier molecular flexibility index (Phi) is 5.39. The minimum atomic E-state index is -3.57. The van der Waals surface area contributed by atoms with Gasteiger partial charge in [0.1, 0.15) is 11.6 Å². The quantitative estimate of drug-likeness (QED) is 0.507. The first-order valence-corrected chi connectivity index (χ1v) is 10.7. The highest BCUT2D eigenvalue weighted by atomic mass is 32.2. The number of hydrogen-bond donors (Lipinski definition) is 1. The normalized spacial score (nSPS) is 11.8. The zero-order chi connectivity index (χ0) is 20.3. The van der Waals surface area contributed by atoms with E-state index in [9.17, 15) is 18.5 Å². The second-order valence-electron chi connectivity index (χ2n) is 5.92. The molecule has 0 saturated heterocycles. The predicted octanol–water partition coefficient (Wildman–Crippen LogP) is 2.59. The van der Waals surface area contributed by atoms with Crippen LogP contribution in [-0.2, 0) is 14.6 Å². The number of benzene rings is 1. The van der Waals surface area contributed by atoms with Gasteiger partial charge in [0, 0.05) is 35.4 Å². The van der Waals surface area contributed by atoms with Gasteiger partial charge >= 0.3 is 0 Å². The number of nitriles is 1. The number of carbonyl (C=O) groups excluding carboxylic acids is 1. The Morgan fingerprint density at radius 1 is 1.29 bits per heavy atom. The number of aryl methyl sites for hydroxylation is 1. The summed E-state index contributed by atoms with van der Waals surface area (Å²) in [6.07, 6.45) is 4.25. The SMILES string of the molecule is Cc1ccc(-n2cccc2/C=C(/C#N)C(=O)Nc2nc(S(C)(=O)=O)ns2)cc1. The van der Waals surface area contributed by atoms with Crippen LogP contribution in [0.3, 0.4) is 0 Å². The zero-order valence-corrected chi connectivity index (χ0v) is 16.6. The molecule has 0 aliphatic heterocycles. The largest absolute Gasteiger partial charge is 0.317 e. The summed E-state index contributed by atoms with van der Waals surface area (Å²) in [5, 5.41) is 11.4. The molecule has 1 aromatic carbocycles. The number of carbonyl (C=O) groups is 1. The van der Waals surface area contributed by atoms with E-state index in [1.54, 1.807) is 6.07 Å². The zero-order valence-electron chi connectivity index (χ0n) is 14.9. The van der Waals surface area contributed by atoms with E-state index in [1.807, 2.05) is 54.1 Å². The summed E-state index contributed by atoms with van der Waals surface area (Å²) in [5.41, 5.74) is 2.50. The van der Waals surface area contributed by atoms with E-state index in [4.69, 9.17) is 0 Å². The van der Waals surface area contributed by atoms with Gasteiger partial charge in [-0.1, -0.05) is 17.7 Å². The van der Waals surface area contributed by atoms with Crippen molar-refractivity contribution in [2.75, 3.05) is 11.6 Å². The van der Waals surface area contributed by atoms with E-state index in [0.29, 0.717) is 5.69 Å². The third kappa shape index (κ3) is 4.33. The summed E-state index contributed by atoms with van der Waals surface area (Å²) in [4.78, 5) is 16.2. The smallest absolute Gasteiger partial charge is 0.268 e. The summed E-state index contributed by atoms with van der Waals surface area (Å²) in [6.45, 7) is 1.99. The van der Waals surface area contributed by atoms with Crippen LogP contribution in [0.25, 0.3) is 11.8 Å². The first-order chi connectivity index (χ1) is 13.3. The van der Waals surface area contributed by atoms with E-state index in [2.05, 4.69) is 14.7 Å². The highest BCUT2D eigenvalue weighted by molar-refractivity contribution is 7.90. The number of amides is 1. The molecule has 1 amide bonds. The van der Waals surface area contributed by atoms with Crippen molar-refractivity contribution in [1.82, 2.24) is 13.9 Å². The summed E-state index contributed by atoms with van der Waals surface area (Å²) < 4.78 is 28.4. The molecule has 3 aromatic rings. The second-order valence-corrected chi connectivity index (χ2v) is 8.58. The molecule has 2 aromatic heterocycles. The van der Waals surface area contributed by atoms with Crippen LogP contribution in [0.4, 0.5) is 5.13 Å². The van der Waals surface area contributed by atoms with Gasteiger partial charge in [-0.05, 0) is 37.3 Å². The van der Waals surface area contributed by atoms with Gasteiger partial charge in [0.2, 0.25) is 15.0 Å². The van der Waals surface area contributed by atoms with Crippen molar-refractivity contribution in [2.45, 2.75) is 12.1 Å². The second kappa shape index (κ2) is 7.75. The van der Waals surface area contributed by atoms with E-state index < -0.39 is 15.7 Å². The molecule has 1 N–H and O–H groups in total. The van der Waals surface area contributed by atoms with E-state index in [-0.39, 0.29) is 15.9 Å². The molecule has 10 heteroatoms. The van der Waals surface area contributed by atoms with Crippen molar-refractivity contribution in [3.63, 3.8) is 0 Å². The average molecular weight is 413 g/mol. The van der Waals surface area contributed by atoms with Crippen LogP contribution in [0.15, 0.2) is 53.3 Å². The molecule has 142 valence electrons. The van der Waals surface area contributed by atoms with Crippen molar-refractivity contribution in [2.24, 2.45) is 0 Å². The molecule has 0 aliphatic carbocycles. The fraction of sp³-hybridized carbons (Fsp3) is 0.111. The molecular weight excluding hydrogens is 398 g/mol. The lowest BCUT2D eigenvalue weighted by Gasteiger charge is -2.07. The van der Waals surface area contributed by atoms with Crippen LogP contribution in [0.5, 0.6) is 0 Å². The van der Waals surface area contributed by atoms with Crippen LogP contribution in [0.2, 0.25) is 0 Å². The van der Waals surface area contributed by atoms with Gasteiger partial charge in [-0.2, -0.15) is 14.6 Å². The lowest BCUT2D eigenvalue weighted by molar-refractivity contribution is -0.112. The summed E-state index contributed by atoms with van der Waals surface area (Å²) in [5.74, 6) is -0.699. The number of nitrogens with zero attached hydrogens (tertiary/aromatic N) is 4. The molecule has 28 heavy (non-hydrogen) atoms. The molecular formula is C18H15N5O3S2. The minimum Gasteiger partial charge on any atom is -0.317 e. The van der Waals surface area contributed by atoms with E-state index in [1.165, 1.54) is 6.08 Å². The number of sulfone groups is 1. The lowest BCUT2D eigenvalue weighted by atomic mass is 10.2. The van der Waals surface area contributed by atoms with Gasteiger partial charge in [-0.25, -0.2) is 8.42 Å². The van der Waals surface area contributed by atoms with E-state index >= 15 is 0 Å². The van der Waals surface area contributed by atoms with Crippen LogP contribution in [0.1, 0.15) is 11.3 Å². The summed E-state index contributed by atoms with van der Waals surface area (Å²) >= 11 is 0.728. The maximum Gasteiger partial charge on any atom is 0.268 e. The molecule has 2 heterocycles. The van der Waals surface area contributed by atoms with Gasteiger partial charge in [-0.15, -0.1) is 0 Å². The fourth-order valence-electron chi connectivity index (χ4n) is 2.32. The van der Waals surface area contributed by atoms with Crippen LogP contribution in [0, 0.1) is 18.3 Å². The Balaban J connectivity index is 1.86. The molecule has 0 unspecified atom stereocenters. The highest BCUT2D eigenvalue weighted by Crippen LogP contribution is 2.18. The predicted molar refractivity (Wildman–Crippen MR) is 106 cm³/mol. The van der Waals surface area contributed by atoms with Gasteiger partial charge < -0.3 is 4.57 Å². The molecule has 0 bridgehead atoms. The van der Waals surface area contributed by atoms with Crippen LogP contribution in [-0.4, -0.2) is 34.5 Å². The van der Waals surface area contributed by atoms with Crippen molar-refractivity contribution in [1.29, 1.82) is 5.26 Å². The third-order valence-electron chi connectivity index (χ3n) is 3.71. The lowest BCUT2D eigenvalue weighted by Crippen LogP contribution is -2.13. The molecule has 8 nitrogen and oxygen atoms in total. The number of aromatic nitrogens is 3. The summed E-state index contributed by atoms with van der Waals surface area (Å²) in [7, 11) is -3.57. The number of rotatable bonds is 5. The van der Waals surface area contributed by atoms with Gasteiger partial charge in [0.25, 0.3) is 11.1 Å². The van der Waals surface area contributed by atoms with Crippen molar-refractivity contribution in [3.8, 4) is 11.8 Å².